The Morgan fingerprint density at radius 2 is 1.76 bits per heavy atom. The lowest BCUT2D eigenvalue weighted by Gasteiger charge is -2.08. The summed E-state index contributed by atoms with van der Waals surface area (Å²) in [5.74, 6) is -1.28. The Labute approximate surface area is 118 Å². The SMILES string of the molecule is O=[N+]([O-])c1ccc(S(=O)(=O)Nc2ccc(O)cc2)c(F)c1. The first-order chi connectivity index (χ1) is 9.79. The standard InChI is InChI=1S/C12H9FN2O5S/c13-11-7-9(15(17)18)3-6-12(11)21(19,20)14-8-1-4-10(16)5-2-8/h1-7,14,16H. The van der Waals surface area contributed by atoms with Crippen LogP contribution < -0.4 is 4.72 Å². The lowest BCUT2D eigenvalue weighted by atomic mass is 10.3. The van der Waals surface area contributed by atoms with Gasteiger partial charge < -0.3 is 5.11 Å². The molecule has 0 saturated heterocycles. The Balaban J connectivity index is 2.35. The van der Waals surface area contributed by atoms with Crippen molar-refractivity contribution >= 4 is 21.4 Å². The molecule has 0 aliphatic carbocycles. The van der Waals surface area contributed by atoms with Gasteiger partial charge in [0.1, 0.15) is 10.6 Å². The molecule has 0 amide bonds. The summed E-state index contributed by atoms with van der Waals surface area (Å²) < 4.78 is 39.8. The van der Waals surface area contributed by atoms with Crippen LogP contribution in [0.4, 0.5) is 15.8 Å². The highest BCUT2D eigenvalue weighted by molar-refractivity contribution is 7.92. The predicted octanol–water partition coefficient (Wildman–Crippen LogP) is 2.24. The molecule has 0 heterocycles. The number of nitro groups is 1. The smallest absolute Gasteiger partial charge is 0.272 e. The van der Waals surface area contributed by atoms with E-state index in [-0.39, 0.29) is 11.4 Å². The molecule has 7 nitrogen and oxygen atoms in total. The summed E-state index contributed by atoms with van der Waals surface area (Å²) in [7, 11) is -4.23. The first kappa shape index (κ1) is 14.7. The molecular formula is C12H9FN2O5S. The highest BCUT2D eigenvalue weighted by Gasteiger charge is 2.21. The van der Waals surface area contributed by atoms with Crippen molar-refractivity contribution in [2.24, 2.45) is 0 Å². The van der Waals surface area contributed by atoms with Gasteiger partial charge in [-0.05, 0) is 30.3 Å². The fraction of sp³-hybridized carbons (Fsp3) is 0. The number of benzene rings is 2. The quantitative estimate of drug-likeness (QED) is 0.511. The van der Waals surface area contributed by atoms with Crippen LogP contribution in [0.2, 0.25) is 0 Å². The number of hydrogen-bond donors (Lipinski definition) is 2. The minimum absolute atomic E-state index is 0.0561. The molecule has 0 aliphatic heterocycles. The summed E-state index contributed by atoms with van der Waals surface area (Å²) >= 11 is 0. The van der Waals surface area contributed by atoms with Gasteiger partial charge in [-0.1, -0.05) is 0 Å². The molecule has 0 saturated carbocycles. The van der Waals surface area contributed by atoms with Crippen molar-refractivity contribution < 1.29 is 22.8 Å². The van der Waals surface area contributed by atoms with Crippen molar-refractivity contribution in [3.05, 3.63) is 58.4 Å². The summed E-state index contributed by atoms with van der Waals surface area (Å²) in [4.78, 5) is 8.95. The van der Waals surface area contributed by atoms with Crippen molar-refractivity contribution in [2.75, 3.05) is 4.72 Å². The van der Waals surface area contributed by atoms with Crippen molar-refractivity contribution in [1.82, 2.24) is 0 Å². The van der Waals surface area contributed by atoms with Crippen LogP contribution in [0.15, 0.2) is 47.4 Å². The molecule has 9 heteroatoms. The second-order valence-corrected chi connectivity index (χ2v) is 5.68. The molecular weight excluding hydrogens is 303 g/mol. The first-order valence-corrected chi connectivity index (χ1v) is 7.04. The summed E-state index contributed by atoms with van der Waals surface area (Å²) in [6, 6.07) is 7.33. The predicted molar refractivity (Wildman–Crippen MR) is 72.0 cm³/mol. The van der Waals surface area contributed by atoms with Gasteiger partial charge in [0.05, 0.1) is 11.0 Å². The number of halogens is 1. The summed E-state index contributed by atoms with van der Waals surface area (Å²) in [6.07, 6.45) is 0. The van der Waals surface area contributed by atoms with Gasteiger partial charge in [-0.2, -0.15) is 0 Å². The van der Waals surface area contributed by atoms with Gasteiger partial charge in [0.25, 0.3) is 15.7 Å². The van der Waals surface area contributed by atoms with Gasteiger partial charge in [-0.25, -0.2) is 12.8 Å². The maximum Gasteiger partial charge on any atom is 0.272 e. The monoisotopic (exact) mass is 312 g/mol. The number of aromatic hydroxyl groups is 1. The zero-order chi connectivity index (χ0) is 15.6. The van der Waals surface area contributed by atoms with Crippen LogP contribution in [0.25, 0.3) is 0 Å². The van der Waals surface area contributed by atoms with Crippen molar-refractivity contribution in [3.8, 4) is 5.75 Å². The Bertz CT molecular complexity index is 790. The Kier molecular flexibility index (Phi) is 3.76. The van der Waals surface area contributed by atoms with Crippen molar-refractivity contribution in [1.29, 1.82) is 0 Å². The number of nitrogens with zero attached hydrogens (tertiary/aromatic N) is 1. The third-order valence-electron chi connectivity index (χ3n) is 2.54. The third kappa shape index (κ3) is 3.26. The molecule has 2 aromatic carbocycles. The number of phenols is 1. The van der Waals surface area contributed by atoms with Gasteiger partial charge in [0.15, 0.2) is 5.82 Å². The molecule has 0 spiro atoms. The van der Waals surface area contributed by atoms with E-state index in [9.17, 15) is 22.9 Å². The Morgan fingerprint density at radius 1 is 1.14 bits per heavy atom. The van der Waals surface area contributed by atoms with Crippen LogP contribution in [0, 0.1) is 15.9 Å². The lowest BCUT2D eigenvalue weighted by Crippen LogP contribution is -2.14. The molecule has 110 valence electrons. The van der Waals surface area contributed by atoms with Crippen molar-refractivity contribution in [3.63, 3.8) is 0 Å². The van der Waals surface area contributed by atoms with Gasteiger partial charge >= 0.3 is 0 Å². The zero-order valence-electron chi connectivity index (χ0n) is 10.4. The van der Waals surface area contributed by atoms with E-state index in [4.69, 9.17) is 5.11 Å². The largest absolute Gasteiger partial charge is 0.508 e. The van der Waals surface area contributed by atoms with Crippen LogP contribution >= 0.6 is 0 Å². The van der Waals surface area contributed by atoms with Crippen LogP contribution in [-0.4, -0.2) is 18.4 Å². The minimum atomic E-state index is -4.23. The number of sulfonamides is 1. The Hall–Kier alpha value is -2.68. The van der Waals surface area contributed by atoms with E-state index in [1.165, 1.54) is 24.3 Å². The normalized spacial score (nSPS) is 11.1. The molecule has 0 unspecified atom stereocenters. The Morgan fingerprint density at radius 3 is 2.29 bits per heavy atom. The van der Waals surface area contributed by atoms with E-state index in [2.05, 4.69) is 4.72 Å². The van der Waals surface area contributed by atoms with Crippen LogP contribution in [-0.2, 0) is 10.0 Å². The maximum absolute atomic E-state index is 13.7. The molecule has 2 rings (SSSR count). The van der Waals surface area contributed by atoms with Gasteiger partial charge in [0.2, 0.25) is 0 Å². The van der Waals surface area contributed by atoms with Crippen LogP contribution in [0.1, 0.15) is 0 Å². The number of nitrogens with one attached hydrogen (secondary N) is 1. The average molecular weight is 312 g/mol. The molecule has 0 aliphatic rings. The van der Waals surface area contributed by atoms with Crippen LogP contribution in [0.3, 0.4) is 0 Å². The highest BCUT2D eigenvalue weighted by atomic mass is 32.2. The minimum Gasteiger partial charge on any atom is -0.508 e. The van der Waals surface area contributed by atoms with Crippen LogP contribution in [0.5, 0.6) is 5.75 Å². The number of anilines is 1. The van der Waals surface area contributed by atoms with E-state index in [1.54, 1.807) is 0 Å². The molecule has 21 heavy (non-hydrogen) atoms. The summed E-state index contributed by atoms with van der Waals surface area (Å²) in [6.45, 7) is 0. The van der Waals surface area contributed by atoms with Crippen molar-refractivity contribution in [2.45, 2.75) is 4.90 Å². The number of phenolic OH excluding ortho intramolecular Hbond substituents is 1. The first-order valence-electron chi connectivity index (χ1n) is 5.55. The number of rotatable bonds is 4. The van der Waals surface area contributed by atoms with E-state index in [0.29, 0.717) is 6.07 Å². The van der Waals surface area contributed by atoms with E-state index >= 15 is 0 Å². The molecule has 0 radical (unpaired) electrons. The number of nitro benzene ring substituents is 1. The van der Waals surface area contributed by atoms with E-state index < -0.39 is 31.3 Å². The van der Waals surface area contributed by atoms with Gasteiger partial charge in [-0.15, -0.1) is 0 Å². The molecule has 2 N–H and O–H groups in total. The van der Waals surface area contributed by atoms with Gasteiger partial charge in [0, 0.05) is 11.8 Å². The second kappa shape index (κ2) is 5.37. The molecule has 0 bridgehead atoms. The van der Waals surface area contributed by atoms with E-state index in [1.807, 2.05) is 0 Å². The fourth-order valence-corrected chi connectivity index (χ4v) is 2.68. The zero-order valence-corrected chi connectivity index (χ0v) is 11.2. The van der Waals surface area contributed by atoms with E-state index in [0.717, 1.165) is 12.1 Å². The number of hydrogen-bond acceptors (Lipinski definition) is 5. The molecule has 0 aromatic heterocycles. The molecule has 0 fully saturated rings. The fourth-order valence-electron chi connectivity index (χ4n) is 1.56. The summed E-state index contributed by atoms with van der Waals surface area (Å²) in [5.41, 5.74) is -0.429. The third-order valence-corrected chi connectivity index (χ3v) is 3.95. The van der Waals surface area contributed by atoms with Gasteiger partial charge in [-0.3, -0.25) is 14.8 Å². The molecule has 0 atom stereocenters. The number of non-ortho nitro benzene ring substituents is 1. The maximum atomic E-state index is 13.7. The topological polar surface area (TPSA) is 110 Å². The molecule has 2 aromatic rings. The summed E-state index contributed by atoms with van der Waals surface area (Å²) in [5, 5.41) is 19.6. The highest BCUT2D eigenvalue weighted by Crippen LogP contribution is 2.23. The lowest BCUT2D eigenvalue weighted by molar-refractivity contribution is -0.385. The average Bonchev–Trinajstić information content (AvgIpc) is 2.40. The second-order valence-electron chi connectivity index (χ2n) is 4.02.